The molecule has 0 aliphatic heterocycles. The molecule has 1 aromatic rings. The maximum absolute atomic E-state index is 5.99. The Morgan fingerprint density at radius 3 is 2.42 bits per heavy atom. The standard InChI is InChI=1S/C17H26ClN/c1-12(2)17(14-7-9-15(18)10-8-14)19-16-6-4-5-13(3)11-16/h7-10,12-13,16-17,19H,4-6,11H2,1-3H3. The highest BCUT2D eigenvalue weighted by Gasteiger charge is 2.24. The van der Waals surface area contributed by atoms with Gasteiger partial charge in [0.05, 0.1) is 0 Å². The van der Waals surface area contributed by atoms with Gasteiger partial charge < -0.3 is 5.32 Å². The number of benzene rings is 1. The molecule has 0 spiro atoms. The third kappa shape index (κ3) is 4.22. The molecule has 2 rings (SSSR count). The fraction of sp³-hybridized carbons (Fsp3) is 0.647. The monoisotopic (exact) mass is 279 g/mol. The fourth-order valence-corrected chi connectivity index (χ4v) is 3.31. The van der Waals surface area contributed by atoms with Gasteiger partial charge in [-0.3, -0.25) is 0 Å². The van der Waals surface area contributed by atoms with E-state index in [1.165, 1.54) is 31.2 Å². The minimum atomic E-state index is 0.438. The average Bonchev–Trinajstić information content (AvgIpc) is 2.37. The van der Waals surface area contributed by atoms with E-state index >= 15 is 0 Å². The lowest BCUT2D eigenvalue weighted by atomic mass is 9.85. The van der Waals surface area contributed by atoms with Crippen LogP contribution in [-0.4, -0.2) is 6.04 Å². The van der Waals surface area contributed by atoms with Crippen molar-refractivity contribution >= 4 is 11.6 Å². The van der Waals surface area contributed by atoms with Gasteiger partial charge >= 0.3 is 0 Å². The van der Waals surface area contributed by atoms with Crippen molar-refractivity contribution in [1.82, 2.24) is 5.32 Å². The van der Waals surface area contributed by atoms with Crippen LogP contribution in [0.4, 0.5) is 0 Å². The summed E-state index contributed by atoms with van der Waals surface area (Å²) < 4.78 is 0. The smallest absolute Gasteiger partial charge is 0.0406 e. The van der Waals surface area contributed by atoms with E-state index in [0.29, 0.717) is 18.0 Å². The van der Waals surface area contributed by atoms with Crippen LogP contribution in [0.1, 0.15) is 58.1 Å². The van der Waals surface area contributed by atoms with Crippen molar-refractivity contribution in [2.45, 2.75) is 58.5 Å². The van der Waals surface area contributed by atoms with E-state index in [1.54, 1.807) is 0 Å². The summed E-state index contributed by atoms with van der Waals surface area (Å²) in [6, 6.07) is 9.42. The van der Waals surface area contributed by atoms with Crippen molar-refractivity contribution in [3.8, 4) is 0 Å². The van der Waals surface area contributed by atoms with Crippen LogP contribution in [0.2, 0.25) is 5.02 Å². The molecule has 1 nitrogen and oxygen atoms in total. The Balaban J connectivity index is 2.05. The van der Waals surface area contributed by atoms with Gasteiger partial charge in [-0.1, -0.05) is 57.3 Å². The topological polar surface area (TPSA) is 12.0 Å². The Hall–Kier alpha value is -0.530. The quantitative estimate of drug-likeness (QED) is 0.798. The lowest BCUT2D eigenvalue weighted by Gasteiger charge is -2.33. The largest absolute Gasteiger partial charge is 0.307 e. The number of rotatable bonds is 4. The molecule has 0 heterocycles. The maximum atomic E-state index is 5.99. The Morgan fingerprint density at radius 2 is 1.84 bits per heavy atom. The normalized spacial score (nSPS) is 25.5. The summed E-state index contributed by atoms with van der Waals surface area (Å²) in [6.45, 7) is 6.96. The van der Waals surface area contributed by atoms with Crippen molar-refractivity contribution in [3.63, 3.8) is 0 Å². The predicted octanol–water partition coefficient (Wildman–Crippen LogP) is 5.21. The third-order valence-electron chi connectivity index (χ3n) is 4.25. The van der Waals surface area contributed by atoms with Crippen molar-refractivity contribution in [2.75, 3.05) is 0 Å². The van der Waals surface area contributed by atoms with Crippen molar-refractivity contribution in [1.29, 1.82) is 0 Å². The summed E-state index contributed by atoms with van der Waals surface area (Å²) >= 11 is 5.99. The lowest BCUT2D eigenvalue weighted by molar-refractivity contribution is 0.259. The second-order valence-corrected chi connectivity index (χ2v) is 6.85. The predicted molar refractivity (Wildman–Crippen MR) is 83.6 cm³/mol. The lowest BCUT2D eigenvalue weighted by Crippen LogP contribution is -2.38. The zero-order valence-corrected chi connectivity index (χ0v) is 13.1. The van der Waals surface area contributed by atoms with E-state index in [4.69, 9.17) is 11.6 Å². The first-order chi connectivity index (χ1) is 9.06. The van der Waals surface area contributed by atoms with Gasteiger partial charge in [-0.05, 0) is 42.4 Å². The maximum Gasteiger partial charge on any atom is 0.0406 e. The molecule has 0 aromatic heterocycles. The minimum Gasteiger partial charge on any atom is -0.307 e. The second kappa shape index (κ2) is 6.76. The Morgan fingerprint density at radius 1 is 1.16 bits per heavy atom. The van der Waals surface area contributed by atoms with Crippen LogP contribution in [0.3, 0.4) is 0 Å². The second-order valence-electron chi connectivity index (χ2n) is 6.41. The van der Waals surface area contributed by atoms with Crippen molar-refractivity contribution in [3.05, 3.63) is 34.9 Å². The van der Waals surface area contributed by atoms with Crippen LogP contribution in [0.25, 0.3) is 0 Å². The van der Waals surface area contributed by atoms with Crippen molar-refractivity contribution in [2.24, 2.45) is 11.8 Å². The van der Waals surface area contributed by atoms with Crippen LogP contribution in [0, 0.1) is 11.8 Å². The van der Waals surface area contributed by atoms with Crippen molar-refractivity contribution < 1.29 is 0 Å². The van der Waals surface area contributed by atoms with E-state index in [2.05, 4.69) is 38.2 Å². The molecule has 1 aromatic carbocycles. The number of hydrogen-bond acceptors (Lipinski definition) is 1. The van der Waals surface area contributed by atoms with E-state index < -0.39 is 0 Å². The molecule has 106 valence electrons. The Labute approximate surface area is 122 Å². The number of halogens is 1. The molecule has 1 aliphatic rings. The minimum absolute atomic E-state index is 0.438. The van der Waals surface area contributed by atoms with Gasteiger partial charge in [0.1, 0.15) is 0 Å². The summed E-state index contributed by atoms with van der Waals surface area (Å²) in [6.07, 6.45) is 5.40. The van der Waals surface area contributed by atoms with Gasteiger partial charge in [-0.25, -0.2) is 0 Å². The van der Waals surface area contributed by atoms with E-state index in [-0.39, 0.29) is 0 Å². The first kappa shape index (κ1) is 14.9. The molecule has 2 heteroatoms. The summed E-state index contributed by atoms with van der Waals surface area (Å²) in [5, 5.41) is 4.70. The molecular formula is C17H26ClN. The van der Waals surface area contributed by atoms with Gasteiger partial charge in [-0.2, -0.15) is 0 Å². The first-order valence-electron chi connectivity index (χ1n) is 7.57. The van der Waals surface area contributed by atoms with Gasteiger partial charge in [-0.15, -0.1) is 0 Å². The number of nitrogens with one attached hydrogen (secondary N) is 1. The van der Waals surface area contributed by atoms with Crippen LogP contribution >= 0.6 is 11.6 Å². The third-order valence-corrected chi connectivity index (χ3v) is 4.50. The molecule has 1 aliphatic carbocycles. The first-order valence-corrected chi connectivity index (χ1v) is 7.95. The molecule has 0 saturated heterocycles. The average molecular weight is 280 g/mol. The van der Waals surface area contributed by atoms with Gasteiger partial charge in [0.15, 0.2) is 0 Å². The Kier molecular flexibility index (Phi) is 5.29. The molecule has 3 unspecified atom stereocenters. The Bertz CT molecular complexity index is 385. The summed E-state index contributed by atoms with van der Waals surface area (Å²) in [7, 11) is 0. The molecule has 0 amide bonds. The molecule has 1 fully saturated rings. The molecule has 0 radical (unpaired) electrons. The van der Waals surface area contributed by atoms with Gasteiger partial charge in [0.2, 0.25) is 0 Å². The van der Waals surface area contributed by atoms with Gasteiger partial charge in [0.25, 0.3) is 0 Å². The molecule has 1 N–H and O–H groups in total. The van der Waals surface area contributed by atoms with Crippen LogP contribution in [0.15, 0.2) is 24.3 Å². The SMILES string of the molecule is CC1CCCC(NC(c2ccc(Cl)cc2)C(C)C)C1. The fourth-order valence-electron chi connectivity index (χ4n) is 3.18. The van der Waals surface area contributed by atoms with Crippen LogP contribution in [0.5, 0.6) is 0 Å². The molecule has 0 bridgehead atoms. The van der Waals surface area contributed by atoms with E-state index in [1.807, 2.05) is 12.1 Å². The zero-order valence-electron chi connectivity index (χ0n) is 12.3. The van der Waals surface area contributed by atoms with Gasteiger partial charge in [0, 0.05) is 17.1 Å². The molecular weight excluding hydrogens is 254 g/mol. The molecule has 1 saturated carbocycles. The van der Waals surface area contributed by atoms with E-state index in [9.17, 15) is 0 Å². The highest BCUT2D eigenvalue weighted by Crippen LogP contribution is 2.29. The molecule has 19 heavy (non-hydrogen) atoms. The van der Waals surface area contributed by atoms with E-state index in [0.717, 1.165) is 10.9 Å². The highest BCUT2D eigenvalue weighted by molar-refractivity contribution is 6.30. The van der Waals surface area contributed by atoms with Crippen LogP contribution < -0.4 is 5.32 Å². The molecule has 3 atom stereocenters. The number of hydrogen-bond donors (Lipinski definition) is 1. The summed E-state index contributed by atoms with van der Waals surface area (Å²) in [4.78, 5) is 0. The highest BCUT2D eigenvalue weighted by atomic mass is 35.5. The summed E-state index contributed by atoms with van der Waals surface area (Å²) in [5.41, 5.74) is 1.36. The summed E-state index contributed by atoms with van der Waals surface area (Å²) in [5.74, 6) is 1.46. The van der Waals surface area contributed by atoms with Crippen LogP contribution in [-0.2, 0) is 0 Å². The zero-order chi connectivity index (χ0) is 13.8.